The lowest BCUT2D eigenvalue weighted by Gasteiger charge is -2.05. The van der Waals surface area contributed by atoms with E-state index in [1.165, 1.54) is 11.1 Å². The van der Waals surface area contributed by atoms with E-state index in [4.69, 9.17) is 0 Å². The summed E-state index contributed by atoms with van der Waals surface area (Å²) in [5, 5.41) is 8.07. The Bertz CT molecular complexity index is 446. The molecule has 0 atom stereocenters. The summed E-state index contributed by atoms with van der Waals surface area (Å²) in [4.78, 5) is 0. The highest BCUT2D eigenvalue weighted by Gasteiger charge is 2.05. The molecule has 0 bridgehead atoms. The highest BCUT2D eigenvalue weighted by molar-refractivity contribution is 5.28. The van der Waals surface area contributed by atoms with Gasteiger partial charge in [0.25, 0.3) is 0 Å². The molecule has 0 saturated heterocycles. The minimum Gasteiger partial charge on any atom is -0.318 e. The maximum Gasteiger partial charge on any atom is 0.137 e. The van der Waals surface area contributed by atoms with Crippen LogP contribution in [0.5, 0.6) is 0 Å². The van der Waals surface area contributed by atoms with Crippen molar-refractivity contribution in [3.8, 4) is 0 Å². The summed E-state index contributed by atoms with van der Waals surface area (Å²) < 4.78 is 2.08. The molecule has 0 saturated carbocycles. The number of aryl methyl sites for hydroxylation is 2. The minimum absolute atomic E-state index is 0.862. The van der Waals surface area contributed by atoms with E-state index < -0.39 is 0 Å². The van der Waals surface area contributed by atoms with E-state index >= 15 is 0 Å². The van der Waals surface area contributed by atoms with Crippen molar-refractivity contribution in [2.45, 2.75) is 26.8 Å². The Morgan fingerprint density at radius 2 is 2.07 bits per heavy atom. The first kappa shape index (κ1) is 9.90. The van der Waals surface area contributed by atoms with Crippen molar-refractivity contribution >= 4 is 0 Å². The molecule has 2 rings (SSSR count). The predicted molar refractivity (Wildman–Crippen MR) is 59.7 cm³/mol. The fraction of sp³-hybridized carbons (Fsp3) is 0.333. The van der Waals surface area contributed by atoms with Crippen LogP contribution in [0, 0.1) is 6.92 Å². The molecule has 0 aliphatic carbocycles. The van der Waals surface area contributed by atoms with Crippen LogP contribution in [-0.2, 0) is 13.0 Å². The Morgan fingerprint density at radius 3 is 2.80 bits per heavy atom. The fourth-order valence-electron chi connectivity index (χ4n) is 1.66. The number of hydrogen-bond donors (Lipinski definition) is 0. The minimum atomic E-state index is 0.862. The van der Waals surface area contributed by atoms with Gasteiger partial charge in [-0.2, -0.15) is 0 Å². The standard InChI is InChI=1S/C12H15N3/c1-3-15-9-13-14-12(15)8-11-7-5-4-6-10(11)2/h4-7,9H,3,8H2,1-2H3. The first-order chi connectivity index (χ1) is 7.31. The van der Waals surface area contributed by atoms with Gasteiger partial charge in [0.05, 0.1) is 0 Å². The molecule has 0 N–H and O–H groups in total. The normalized spacial score (nSPS) is 10.5. The number of nitrogens with zero attached hydrogens (tertiary/aromatic N) is 3. The van der Waals surface area contributed by atoms with E-state index in [1.54, 1.807) is 6.33 Å². The van der Waals surface area contributed by atoms with Crippen LogP contribution in [0.4, 0.5) is 0 Å². The van der Waals surface area contributed by atoms with Crippen molar-refractivity contribution in [1.29, 1.82) is 0 Å². The molecule has 1 aromatic carbocycles. The highest BCUT2D eigenvalue weighted by Crippen LogP contribution is 2.11. The molecule has 0 spiro atoms. The SMILES string of the molecule is CCn1cnnc1Cc1ccccc1C. The highest BCUT2D eigenvalue weighted by atomic mass is 15.3. The maximum atomic E-state index is 4.14. The van der Waals surface area contributed by atoms with Gasteiger partial charge in [-0.3, -0.25) is 0 Å². The molecule has 78 valence electrons. The second-order valence-electron chi connectivity index (χ2n) is 3.64. The molecule has 15 heavy (non-hydrogen) atoms. The second-order valence-corrected chi connectivity index (χ2v) is 3.64. The first-order valence-corrected chi connectivity index (χ1v) is 5.22. The fourth-order valence-corrected chi connectivity index (χ4v) is 1.66. The van der Waals surface area contributed by atoms with Crippen molar-refractivity contribution in [3.05, 3.63) is 47.5 Å². The molecule has 3 nitrogen and oxygen atoms in total. The number of hydrogen-bond acceptors (Lipinski definition) is 2. The van der Waals surface area contributed by atoms with E-state index in [-0.39, 0.29) is 0 Å². The third kappa shape index (κ3) is 2.06. The topological polar surface area (TPSA) is 30.7 Å². The molecule has 0 unspecified atom stereocenters. The lowest BCUT2D eigenvalue weighted by molar-refractivity contribution is 0.711. The Labute approximate surface area is 89.8 Å². The Hall–Kier alpha value is -1.64. The quantitative estimate of drug-likeness (QED) is 0.762. The van der Waals surface area contributed by atoms with E-state index in [0.717, 1.165) is 18.8 Å². The molecule has 1 aromatic heterocycles. The van der Waals surface area contributed by atoms with E-state index in [1.807, 2.05) is 0 Å². The summed E-state index contributed by atoms with van der Waals surface area (Å²) in [6, 6.07) is 8.39. The van der Waals surface area contributed by atoms with Crippen molar-refractivity contribution in [1.82, 2.24) is 14.8 Å². The van der Waals surface area contributed by atoms with Gasteiger partial charge in [-0.25, -0.2) is 0 Å². The molecule has 3 heteroatoms. The summed E-state index contributed by atoms with van der Waals surface area (Å²) in [6.45, 7) is 5.15. The average molecular weight is 201 g/mol. The van der Waals surface area contributed by atoms with Crippen LogP contribution in [0.2, 0.25) is 0 Å². The van der Waals surface area contributed by atoms with E-state index in [2.05, 4.69) is 52.9 Å². The van der Waals surface area contributed by atoms with Crippen LogP contribution in [0.15, 0.2) is 30.6 Å². The summed E-state index contributed by atoms with van der Waals surface area (Å²) in [5.74, 6) is 1.03. The van der Waals surface area contributed by atoms with Crippen molar-refractivity contribution in [2.24, 2.45) is 0 Å². The van der Waals surface area contributed by atoms with Gasteiger partial charge < -0.3 is 4.57 Å². The van der Waals surface area contributed by atoms with Crippen molar-refractivity contribution < 1.29 is 0 Å². The summed E-state index contributed by atoms with van der Waals surface area (Å²) >= 11 is 0. The number of rotatable bonds is 3. The molecule has 1 heterocycles. The molecule has 2 aromatic rings. The lowest BCUT2D eigenvalue weighted by Crippen LogP contribution is -2.02. The van der Waals surface area contributed by atoms with Gasteiger partial charge in [-0.1, -0.05) is 24.3 Å². The molecule has 0 amide bonds. The van der Waals surface area contributed by atoms with Gasteiger partial charge in [0.15, 0.2) is 0 Å². The number of aromatic nitrogens is 3. The second kappa shape index (κ2) is 4.26. The van der Waals surface area contributed by atoms with Gasteiger partial charge in [-0.15, -0.1) is 10.2 Å². The molecule has 0 aliphatic heterocycles. The average Bonchev–Trinajstić information content (AvgIpc) is 2.69. The Balaban J connectivity index is 2.26. The third-order valence-electron chi connectivity index (χ3n) is 2.65. The molecular formula is C12H15N3. The van der Waals surface area contributed by atoms with Crippen LogP contribution < -0.4 is 0 Å². The van der Waals surface area contributed by atoms with Crippen LogP contribution in [-0.4, -0.2) is 14.8 Å². The van der Waals surface area contributed by atoms with Crippen molar-refractivity contribution in [2.75, 3.05) is 0 Å². The van der Waals surface area contributed by atoms with Crippen molar-refractivity contribution in [3.63, 3.8) is 0 Å². The zero-order chi connectivity index (χ0) is 10.7. The predicted octanol–water partition coefficient (Wildman–Crippen LogP) is 2.20. The zero-order valence-corrected chi connectivity index (χ0v) is 9.14. The van der Waals surface area contributed by atoms with Crippen LogP contribution in [0.25, 0.3) is 0 Å². The largest absolute Gasteiger partial charge is 0.318 e. The van der Waals surface area contributed by atoms with Gasteiger partial charge in [-0.05, 0) is 25.0 Å². The van der Waals surface area contributed by atoms with Gasteiger partial charge in [0.2, 0.25) is 0 Å². The molecule has 0 radical (unpaired) electrons. The lowest BCUT2D eigenvalue weighted by atomic mass is 10.1. The van der Waals surface area contributed by atoms with Gasteiger partial charge in [0.1, 0.15) is 12.2 Å². The third-order valence-corrected chi connectivity index (χ3v) is 2.65. The van der Waals surface area contributed by atoms with Gasteiger partial charge in [0, 0.05) is 13.0 Å². The van der Waals surface area contributed by atoms with E-state index in [0.29, 0.717) is 0 Å². The van der Waals surface area contributed by atoms with Crippen LogP contribution >= 0.6 is 0 Å². The molecule has 0 aliphatic rings. The molecule has 0 fully saturated rings. The first-order valence-electron chi connectivity index (χ1n) is 5.22. The molecular weight excluding hydrogens is 186 g/mol. The summed E-state index contributed by atoms with van der Waals surface area (Å²) in [6.07, 6.45) is 2.65. The van der Waals surface area contributed by atoms with Crippen LogP contribution in [0.3, 0.4) is 0 Å². The van der Waals surface area contributed by atoms with Gasteiger partial charge >= 0.3 is 0 Å². The Kier molecular flexibility index (Phi) is 2.81. The maximum absolute atomic E-state index is 4.14. The number of benzene rings is 1. The summed E-state index contributed by atoms with van der Waals surface area (Å²) in [7, 11) is 0. The zero-order valence-electron chi connectivity index (χ0n) is 9.14. The smallest absolute Gasteiger partial charge is 0.137 e. The Morgan fingerprint density at radius 1 is 1.27 bits per heavy atom. The monoisotopic (exact) mass is 201 g/mol. The van der Waals surface area contributed by atoms with Crippen LogP contribution in [0.1, 0.15) is 23.9 Å². The summed E-state index contributed by atoms with van der Waals surface area (Å²) in [5.41, 5.74) is 2.63. The van der Waals surface area contributed by atoms with E-state index in [9.17, 15) is 0 Å².